The van der Waals surface area contributed by atoms with Gasteiger partial charge in [0.05, 0.1) is 0 Å². The van der Waals surface area contributed by atoms with E-state index in [0.717, 1.165) is 10.6 Å². The van der Waals surface area contributed by atoms with Crippen LogP contribution in [0, 0.1) is 6.92 Å². The van der Waals surface area contributed by atoms with Gasteiger partial charge < -0.3 is 5.32 Å². The van der Waals surface area contributed by atoms with Crippen LogP contribution in [0.25, 0.3) is 0 Å². The Bertz CT molecular complexity index is 732. The summed E-state index contributed by atoms with van der Waals surface area (Å²) in [6.45, 7) is 9.78. The number of aryl methyl sites for hydroxylation is 1. The number of amides is 2. The molecular formula is C17H22N4O2S. The van der Waals surface area contributed by atoms with Gasteiger partial charge >= 0.3 is 0 Å². The number of hydrogen-bond acceptors (Lipinski definition) is 5. The van der Waals surface area contributed by atoms with E-state index in [1.165, 1.54) is 11.3 Å². The van der Waals surface area contributed by atoms with Crippen LogP contribution in [-0.4, -0.2) is 28.1 Å². The van der Waals surface area contributed by atoms with Crippen molar-refractivity contribution < 1.29 is 9.59 Å². The molecule has 6 nitrogen and oxygen atoms in total. The Morgan fingerprint density at radius 2 is 1.75 bits per heavy atom. The van der Waals surface area contributed by atoms with Crippen molar-refractivity contribution in [1.82, 2.24) is 15.5 Å². The van der Waals surface area contributed by atoms with Crippen LogP contribution in [-0.2, 0) is 10.2 Å². The minimum atomic E-state index is -0.677. The molecule has 0 fully saturated rings. The van der Waals surface area contributed by atoms with Gasteiger partial charge in [0.2, 0.25) is 11.0 Å². The van der Waals surface area contributed by atoms with Crippen molar-refractivity contribution in [2.45, 2.75) is 46.1 Å². The molecule has 0 aliphatic rings. The Morgan fingerprint density at radius 1 is 1.12 bits per heavy atom. The number of benzene rings is 1. The van der Waals surface area contributed by atoms with Gasteiger partial charge in [-0.3, -0.25) is 14.9 Å². The smallest absolute Gasteiger partial charge is 0.251 e. The lowest BCUT2D eigenvalue weighted by molar-refractivity contribution is -0.117. The Kier molecular flexibility index (Phi) is 5.33. The van der Waals surface area contributed by atoms with Crippen LogP contribution in [0.4, 0.5) is 5.13 Å². The van der Waals surface area contributed by atoms with E-state index in [2.05, 4.69) is 41.6 Å². The first-order valence-electron chi connectivity index (χ1n) is 7.69. The third kappa shape index (κ3) is 4.61. The molecule has 0 aliphatic heterocycles. The van der Waals surface area contributed by atoms with Gasteiger partial charge in [-0.25, -0.2) is 0 Å². The third-order valence-electron chi connectivity index (χ3n) is 3.51. The molecule has 0 radical (unpaired) electrons. The molecule has 0 saturated heterocycles. The van der Waals surface area contributed by atoms with Gasteiger partial charge in [0, 0.05) is 5.56 Å². The molecule has 1 unspecified atom stereocenters. The lowest BCUT2D eigenvalue weighted by Crippen LogP contribution is -2.41. The maximum absolute atomic E-state index is 12.3. The predicted molar refractivity (Wildman–Crippen MR) is 95.3 cm³/mol. The molecule has 0 aliphatic carbocycles. The molecule has 1 atom stereocenters. The number of hydrogen-bond donors (Lipinski definition) is 2. The Balaban J connectivity index is 1.96. The number of carbonyl (C=O) groups excluding carboxylic acids is 2. The first-order chi connectivity index (χ1) is 11.2. The molecule has 128 valence electrons. The van der Waals surface area contributed by atoms with Crippen LogP contribution in [0.15, 0.2) is 24.3 Å². The number of rotatable bonds is 4. The summed E-state index contributed by atoms with van der Waals surface area (Å²) in [4.78, 5) is 24.3. The van der Waals surface area contributed by atoms with Crippen LogP contribution in [0.2, 0.25) is 0 Å². The second-order valence-corrected chi connectivity index (χ2v) is 7.82. The number of nitrogens with zero attached hydrogens (tertiary/aromatic N) is 2. The van der Waals surface area contributed by atoms with E-state index in [4.69, 9.17) is 0 Å². The molecular weight excluding hydrogens is 324 g/mol. The Labute approximate surface area is 145 Å². The molecule has 1 aromatic heterocycles. The van der Waals surface area contributed by atoms with E-state index in [-0.39, 0.29) is 17.2 Å². The summed E-state index contributed by atoms with van der Waals surface area (Å²) in [6.07, 6.45) is 0. The van der Waals surface area contributed by atoms with Gasteiger partial charge in [-0.1, -0.05) is 44.2 Å². The summed E-state index contributed by atoms with van der Waals surface area (Å²) in [5, 5.41) is 14.2. The van der Waals surface area contributed by atoms with Crippen LogP contribution < -0.4 is 10.6 Å². The molecule has 2 rings (SSSR count). The van der Waals surface area contributed by atoms with Gasteiger partial charge in [-0.15, -0.1) is 10.2 Å². The van der Waals surface area contributed by atoms with Crippen molar-refractivity contribution in [3.8, 4) is 0 Å². The first-order valence-corrected chi connectivity index (χ1v) is 8.51. The average Bonchev–Trinajstić information content (AvgIpc) is 2.91. The minimum Gasteiger partial charge on any atom is -0.341 e. The summed E-state index contributed by atoms with van der Waals surface area (Å²) < 4.78 is 0. The summed E-state index contributed by atoms with van der Waals surface area (Å²) in [5.41, 5.74) is 1.70. The summed E-state index contributed by atoms with van der Waals surface area (Å²) in [7, 11) is 0. The fraction of sp³-hybridized carbons (Fsp3) is 0.412. The first kappa shape index (κ1) is 18.1. The maximum atomic E-state index is 12.3. The van der Waals surface area contributed by atoms with Gasteiger partial charge in [0.15, 0.2) is 0 Å². The van der Waals surface area contributed by atoms with Crippen molar-refractivity contribution in [3.05, 3.63) is 40.4 Å². The van der Waals surface area contributed by atoms with Crippen molar-refractivity contribution in [1.29, 1.82) is 0 Å². The summed E-state index contributed by atoms with van der Waals surface area (Å²) in [5.74, 6) is -0.614. The summed E-state index contributed by atoms with van der Waals surface area (Å²) in [6, 6.07) is 6.74. The van der Waals surface area contributed by atoms with E-state index in [0.29, 0.717) is 10.7 Å². The van der Waals surface area contributed by atoms with Crippen molar-refractivity contribution >= 4 is 28.3 Å². The maximum Gasteiger partial charge on any atom is 0.251 e. The highest BCUT2D eigenvalue weighted by Gasteiger charge is 2.19. The zero-order valence-corrected chi connectivity index (χ0v) is 15.3. The lowest BCUT2D eigenvalue weighted by Gasteiger charge is -2.19. The Hall–Kier alpha value is -2.28. The van der Waals surface area contributed by atoms with Crippen molar-refractivity contribution in [2.75, 3.05) is 5.32 Å². The number of aromatic nitrogens is 2. The highest BCUT2D eigenvalue weighted by molar-refractivity contribution is 7.15. The molecule has 0 spiro atoms. The molecule has 0 bridgehead atoms. The SMILES string of the molecule is Cc1nnc(NC(=O)C(C)NC(=O)c2ccc(C(C)(C)C)cc2)s1. The van der Waals surface area contributed by atoms with E-state index in [9.17, 15) is 9.59 Å². The molecule has 0 saturated carbocycles. The van der Waals surface area contributed by atoms with Crippen molar-refractivity contribution in [3.63, 3.8) is 0 Å². The van der Waals surface area contributed by atoms with Crippen LogP contribution in [0.5, 0.6) is 0 Å². The Morgan fingerprint density at radius 3 is 2.25 bits per heavy atom. The van der Waals surface area contributed by atoms with Gasteiger partial charge in [0.1, 0.15) is 11.0 Å². The van der Waals surface area contributed by atoms with Crippen LogP contribution in [0.1, 0.15) is 48.6 Å². The van der Waals surface area contributed by atoms with E-state index in [1.54, 1.807) is 26.0 Å². The topological polar surface area (TPSA) is 84.0 Å². The highest BCUT2D eigenvalue weighted by Crippen LogP contribution is 2.22. The number of nitrogens with one attached hydrogen (secondary N) is 2. The molecule has 24 heavy (non-hydrogen) atoms. The highest BCUT2D eigenvalue weighted by atomic mass is 32.1. The number of carbonyl (C=O) groups is 2. The summed E-state index contributed by atoms with van der Waals surface area (Å²) >= 11 is 1.29. The van der Waals surface area contributed by atoms with Crippen LogP contribution in [0.3, 0.4) is 0 Å². The molecule has 7 heteroatoms. The normalized spacial score (nSPS) is 12.5. The molecule has 1 heterocycles. The third-order valence-corrected chi connectivity index (χ3v) is 4.26. The average molecular weight is 346 g/mol. The zero-order chi connectivity index (χ0) is 17.9. The molecule has 2 N–H and O–H groups in total. The second-order valence-electron chi connectivity index (χ2n) is 6.64. The fourth-order valence-corrected chi connectivity index (χ4v) is 2.62. The molecule has 2 amide bonds. The molecule has 1 aromatic carbocycles. The van der Waals surface area contributed by atoms with Gasteiger partial charge in [-0.2, -0.15) is 0 Å². The fourth-order valence-electron chi connectivity index (χ4n) is 2.03. The second kappa shape index (κ2) is 7.09. The largest absolute Gasteiger partial charge is 0.341 e. The van der Waals surface area contributed by atoms with E-state index in [1.807, 2.05) is 12.1 Å². The van der Waals surface area contributed by atoms with E-state index >= 15 is 0 Å². The predicted octanol–water partition coefficient (Wildman–Crippen LogP) is 2.90. The van der Waals surface area contributed by atoms with Gasteiger partial charge in [-0.05, 0) is 37.0 Å². The standard InChI is InChI=1S/C17H22N4O2S/c1-10(14(22)19-16-21-20-11(2)24-16)18-15(23)12-6-8-13(9-7-12)17(3,4)5/h6-10H,1-5H3,(H,18,23)(H,19,21,22). The quantitative estimate of drug-likeness (QED) is 0.891. The van der Waals surface area contributed by atoms with Crippen molar-refractivity contribution in [2.24, 2.45) is 0 Å². The van der Waals surface area contributed by atoms with Gasteiger partial charge in [0.25, 0.3) is 5.91 Å². The lowest BCUT2D eigenvalue weighted by atomic mass is 9.86. The minimum absolute atomic E-state index is 0.0298. The van der Waals surface area contributed by atoms with Crippen LogP contribution >= 0.6 is 11.3 Å². The monoisotopic (exact) mass is 346 g/mol. The number of anilines is 1. The zero-order valence-electron chi connectivity index (χ0n) is 14.5. The van der Waals surface area contributed by atoms with E-state index < -0.39 is 6.04 Å². The molecule has 2 aromatic rings.